The van der Waals surface area contributed by atoms with Crippen molar-refractivity contribution >= 4 is 5.95 Å². The highest BCUT2D eigenvalue weighted by Gasteiger charge is 2.04. The van der Waals surface area contributed by atoms with Crippen molar-refractivity contribution in [3.8, 4) is 5.75 Å². The summed E-state index contributed by atoms with van der Waals surface area (Å²) in [4.78, 5) is 0. The summed E-state index contributed by atoms with van der Waals surface area (Å²) in [6.07, 6.45) is 1.73. The summed E-state index contributed by atoms with van der Waals surface area (Å²) < 4.78 is 20.3. The number of rotatable bonds is 8. The predicted molar refractivity (Wildman–Crippen MR) is 92.5 cm³/mol. The Kier molecular flexibility index (Phi) is 5.36. The van der Waals surface area contributed by atoms with E-state index in [0.29, 0.717) is 25.6 Å². The van der Waals surface area contributed by atoms with E-state index < -0.39 is 0 Å². The molecule has 0 aliphatic heterocycles. The monoisotopic (exact) mass is 339 g/mol. The molecule has 2 aromatic carbocycles. The second-order valence-corrected chi connectivity index (χ2v) is 5.39. The van der Waals surface area contributed by atoms with Crippen LogP contribution in [0.3, 0.4) is 0 Å². The molecule has 3 rings (SSSR count). The minimum atomic E-state index is -0.254. The van der Waals surface area contributed by atoms with Gasteiger partial charge in [0.2, 0.25) is 5.95 Å². The number of nitrogens with zero attached hydrogens (tertiary/aromatic N) is 4. The predicted octanol–water partition coefficient (Wildman–Crippen LogP) is 3.19. The number of hydrogen-bond acceptors (Lipinski definition) is 5. The Morgan fingerprint density at radius 1 is 1.16 bits per heavy atom. The number of tetrazole rings is 1. The largest absolute Gasteiger partial charge is 0.489 e. The molecule has 6 nitrogen and oxygen atoms in total. The Morgan fingerprint density at radius 2 is 2.00 bits per heavy atom. The van der Waals surface area contributed by atoms with Crippen molar-refractivity contribution in [2.75, 3.05) is 5.32 Å². The zero-order chi connectivity index (χ0) is 17.5. The first-order valence-electron chi connectivity index (χ1n) is 7.82. The van der Waals surface area contributed by atoms with E-state index in [-0.39, 0.29) is 5.82 Å². The van der Waals surface area contributed by atoms with E-state index in [9.17, 15) is 4.39 Å². The molecule has 128 valence electrons. The maximum Gasteiger partial charge on any atom is 0.243 e. The summed E-state index contributed by atoms with van der Waals surface area (Å²) >= 11 is 0. The Hall–Kier alpha value is -3.22. The average Bonchev–Trinajstić information content (AvgIpc) is 3.07. The maximum atomic E-state index is 12.9. The van der Waals surface area contributed by atoms with Crippen LogP contribution in [0.4, 0.5) is 10.3 Å². The van der Waals surface area contributed by atoms with Gasteiger partial charge in [0.05, 0.1) is 6.54 Å². The van der Waals surface area contributed by atoms with E-state index in [2.05, 4.69) is 27.4 Å². The van der Waals surface area contributed by atoms with Gasteiger partial charge in [-0.25, -0.2) is 9.07 Å². The van der Waals surface area contributed by atoms with Gasteiger partial charge in [0.25, 0.3) is 0 Å². The molecule has 25 heavy (non-hydrogen) atoms. The van der Waals surface area contributed by atoms with Crippen molar-refractivity contribution in [2.24, 2.45) is 0 Å². The van der Waals surface area contributed by atoms with Crippen LogP contribution in [0.25, 0.3) is 0 Å². The van der Waals surface area contributed by atoms with E-state index in [1.165, 1.54) is 12.1 Å². The molecular weight excluding hydrogens is 321 g/mol. The summed E-state index contributed by atoms with van der Waals surface area (Å²) in [6.45, 7) is 5.16. The van der Waals surface area contributed by atoms with E-state index in [1.54, 1.807) is 22.9 Å². The number of halogens is 1. The molecule has 1 N–H and O–H groups in total. The van der Waals surface area contributed by atoms with Gasteiger partial charge in [-0.3, -0.25) is 0 Å². The fourth-order valence-corrected chi connectivity index (χ4v) is 2.25. The lowest BCUT2D eigenvalue weighted by molar-refractivity contribution is 0.306. The summed E-state index contributed by atoms with van der Waals surface area (Å²) in [7, 11) is 0. The van der Waals surface area contributed by atoms with Gasteiger partial charge in [-0.2, -0.15) is 0 Å². The molecule has 0 amide bonds. The van der Waals surface area contributed by atoms with Crippen LogP contribution in [0, 0.1) is 5.82 Å². The smallest absolute Gasteiger partial charge is 0.243 e. The van der Waals surface area contributed by atoms with Gasteiger partial charge in [-0.05, 0) is 45.8 Å². The number of allylic oxidation sites excluding steroid dienone is 1. The first-order valence-corrected chi connectivity index (χ1v) is 7.82. The standard InChI is InChI=1S/C18H18FN5O/c1-2-10-24-18(21-22-23-24)20-12-15-4-3-5-17(11-15)25-13-14-6-8-16(19)9-7-14/h2-9,11H,1,10,12-13H2,(H,20,21,23). The highest BCUT2D eigenvalue weighted by Crippen LogP contribution is 2.16. The topological polar surface area (TPSA) is 64.9 Å². The summed E-state index contributed by atoms with van der Waals surface area (Å²) in [5.41, 5.74) is 1.94. The number of anilines is 1. The molecule has 0 saturated heterocycles. The molecule has 1 aromatic heterocycles. The van der Waals surface area contributed by atoms with Crippen LogP contribution >= 0.6 is 0 Å². The summed E-state index contributed by atoms with van der Waals surface area (Å²) in [5.74, 6) is 1.07. The third kappa shape index (κ3) is 4.63. The third-order valence-corrected chi connectivity index (χ3v) is 3.50. The highest BCUT2D eigenvalue weighted by atomic mass is 19.1. The van der Waals surface area contributed by atoms with E-state index in [1.807, 2.05) is 24.3 Å². The number of ether oxygens (including phenoxy) is 1. The first-order chi connectivity index (χ1) is 12.2. The van der Waals surface area contributed by atoms with Crippen LogP contribution in [-0.2, 0) is 19.7 Å². The van der Waals surface area contributed by atoms with E-state index in [4.69, 9.17) is 4.74 Å². The molecule has 3 aromatic rings. The highest BCUT2D eigenvalue weighted by molar-refractivity contribution is 5.32. The van der Waals surface area contributed by atoms with Gasteiger partial charge in [-0.15, -0.1) is 6.58 Å². The van der Waals surface area contributed by atoms with Crippen LogP contribution in [0.1, 0.15) is 11.1 Å². The lowest BCUT2D eigenvalue weighted by Crippen LogP contribution is -2.08. The molecule has 0 atom stereocenters. The van der Waals surface area contributed by atoms with Gasteiger partial charge in [0.1, 0.15) is 18.2 Å². The number of hydrogen-bond donors (Lipinski definition) is 1. The summed E-state index contributed by atoms with van der Waals surface area (Å²) in [6, 6.07) is 14.0. The normalized spacial score (nSPS) is 10.4. The fraction of sp³-hybridized carbons (Fsp3) is 0.167. The van der Waals surface area contributed by atoms with E-state index >= 15 is 0 Å². The first kappa shape index (κ1) is 16.6. The quantitative estimate of drug-likeness (QED) is 0.639. The minimum absolute atomic E-state index is 0.254. The Bertz CT molecular complexity index is 831. The van der Waals surface area contributed by atoms with Crippen LogP contribution < -0.4 is 10.1 Å². The average molecular weight is 339 g/mol. The van der Waals surface area contributed by atoms with Crippen molar-refractivity contribution in [1.82, 2.24) is 20.2 Å². The van der Waals surface area contributed by atoms with Gasteiger partial charge in [0, 0.05) is 6.54 Å². The molecular formula is C18H18FN5O. The SMILES string of the molecule is C=CCn1nnnc1NCc1cccc(OCc2ccc(F)cc2)c1. The number of nitrogens with one attached hydrogen (secondary N) is 1. The van der Waals surface area contributed by atoms with Gasteiger partial charge in [-0.1, -0.05) is 35.4 Å². The van der Waals surface area contributed by atoms with Crippen molar-refractivity contribution in [2.45, 2.75) is 19.7 Å². The van der Waals surface area contributed by atoms with Crippen molar-refractivity contribution < 1.29 is 9.13 Å². The molecule has 7 heteroatoms. The molecule has 0 saturated carbocycles. The zero-order valence-corrected chi connectivity index (χ0v) is 13.6. The molecule has 0 bridgehead atoms. The van der Waals surface area contributed by atoms with Crippen LogP contribution in [0.15, 0.2) is 61.2 Å². The number of aromatic nitrogens is 4. The van der Waals surface area contributed by atoms with Crippen molar-refractivity contribution in [1.29, 1.82) is 0 Å². The molecule has 1 heterocycles. The molecule has 0 unspecified atom stereocenters. The Morgan fingerprint density at radius 3 is 2.80 bits per heavy atom. The summed E-state index contributed by atoms with van der Waals surface area (Å²) in [5, 5.41) is 14.6. The second kappa shape index (κ2) is 8.05. The molecule has 0 spiro atoms. The second-order valence-electron chi connectivity index (χ2n) is 5.39. The third-order valence-electron chi connectivity index (χ3n) is 3.50. The van der Waals surface area contributed by atoms with Crippen LogP contribution in [0.5, 0.6) is 5.75 Å². The molecule has 0 fully saturated rings. The molecule has 0 aliphatic carbocycles. The lowest BCUT2D eigenvalue weighted by Gasteiger charge is -2.09. The molecule has 0 radical (unpaired) electrons. The fourth-order valence-electron chi connectivity index (χ4n) is 2.25. The Balaban J connectivity index is 1.58. The number of benzene rings is 2. The van der Waals surface area contributed by atoms with Gasteiger partial charge in [0.15, 0.2) is 0 Å². The van der Waals surface area contributed by atoms with Crippen molar-refractivity contribution in [3.63, 3.8) is 0 Å². The van der Waals surface area contributed by atoms with Crippen LogP contribution in [0.2, 0.25) is 0 Å². The van der Waals surface area contributed by atoms with Gasteiger partial charge < -0.3 is 10.1 Å². The minimum Gasteiger partial charge on any atom is -0.489 e. The maximum absolute atomic E-state index is 12.9. The molecule has 0 aliphatic rings. The lowest BCUT2D eigenvalue weighted by atomic mass is 10.2. The van der Waals surface area contributed by atoms with Crippen molar-refractivity contribution in [3.05, 3.63) is 78.1 Å². The van der Waals surface area contributed by atoms with Gasteiger partial charge >= 0.3 is 0 Å². The van der Waals surface area contributed by atoms with Crippen LogP contribution in [-0.4, -0.2) is 20.2 Å². The van der Waals surface area contributed by atoms with E-state index in [0.717, 1.165) is 16.9 Å². The Labute approximate surface area is 144 Å². The zero-order valence-electron chi connectivity index (χ0n) is 13.6.